The highest BCUT2D eigenvalue weighted by atomic mass is 16.5. The molecule has 1 aromatic rings. The normalized spacial score (nSPS) is 18.7. The molecule has 1 saturated heterocycles. The van der Waals surface area contributed by atoms with E-state index in [1.54, 1.807) is 0 Å². The molecular weight excluding hydrogens is 268 g/mol. The highest BCUT2D eigenvalue weighted by Crippen LogP contribution is 2.20. The Kier molecular flexibility index (Phi) is 5.55. The van der Waals surface area contributed by atoms with Crippen molar-refractivity contribution < 1.29 is 4.74 Å². The van der Waals surface area contributed by atoms with Gasteiger partial charge < -0.3 is 19.9 Å². The summed E-state index contributed by atoms with van der Waals surface area (Å²) in [6.45, 7) is 7.42. The molecule has 0 spiro atoms. The van der Waals surface area contributed by atoms with Crippen molar-refractivity contribution >= 4 is 17.8 Å². The maximum Gasteiger partial charge on any atom is 0.232 e. The second-order valence-electron chi connectivity index (χ2n) is 5.41. The Hall–Kier alpha value is -1.63. The molecule has 0 bridgehead atoms. The molecule has 1 aliphatic rings. The predicted octanol–water partition coefficient (Wildman–Crippen LogP) is 1.37. The number of anilines is 3. The number of hydrogen-bond acceptors (Lipinski definition) is 7. The third kappa shape index (κ3) is 3.93. The summed E-state index contributed by atoms with van der Waals surface area (Å²) in [5, 5.41) is 3.26. The first kappa shape index (κ1) is 15.8. The highest BCUT2D eigenvalue weighted by Gasteiger charge is 2.25. The van der Waals surface area contributed by atoms with Crippen molar-refractivity contribution in [3.8, 4) is 0 Å². The molecular formula is C14H26N6O. The minimum absolute atomic E-state index is 0.329. The second kappa shape index (κ2) is 7.40. The summed E-state index contributed by atoms with van der Waals surface area (Å²) in [6.07, 6.45) is 2.05. The number of nitrogens with one attached hydrogen (secondary N) is 1. The Morgan fingerprint density at radius 3 is 2.76 bits per heavy atom. The van der Waals surface area contributed by atoms with E-state index in [0.29, 0.717) is 17.9 Å². The monoisotopic (exact) mass is 294 g/mol. The van der Waals surface area contributed by atoms with E-state index >= 15 is 0 Å². The fraction of sp³-hybridized carbons (Fsp3) is 0.786. The molecule has 2 rings (SSSR count). The van der Waals surface area contributed by atoms with Gasteiger partial charge in [0.2, 0.25) is 17.8 Å². The molecule has 1 fully saturated rings. The number of rotatable bonds is 6. The topological polar surface area (TPSA) is 66.4 Å². The molecule has 7 heteroatoms. The zero-order valence-electron chi connectivity index (χ0n) is 13.5. The van der Waals surface area contributed by atoms with Crippen LogP contribution in [0.15, 0.2) is 0 Å². The van der Waals surface area contributed by atoms with Gasteiger partial charge in [-0.15, -0.1) is 0 Å². The van der Waals surface area contributed by atoms with Gasteiger partial charge in [0.05, 0.1) is 19.3 Å². The summed E-state index contributed by atoms with van der Waals surface area (Å²) < 4.78 is 5.56. The van der Waals surface area contributed by atoms with Gasteiger partial charge in [0, 0.05) is 27.2 Å². The van der Waals surface area contributed by atoms with Crippen LogP contribution in [0, 0.1) is 0 Å². The average molecular weight is 294 g/mol. The van der Waals surface area contributed by atoms with Crippen LogP contribution in [0.1, 0.15) is 26.7 Å². The molecule has 0 radical (unpaired) electrons. The van der Waals surface area contributed by atoms with E-state index in [1.807, 2.05) is 19.0 Å². The molecule has 0 saturated carbocycles. The van der Waals surface area contributed by atoms with Gasteiger partial charge in [-0.05, 0) is 12.8 Å². The number of ether oxygens (including phenoxy) is 1. The molecule has 1 unspecified atom stereocenters. The minimum atomic E-state index is 0.329. The van der Waals surface area contributed by atoms with Crippen LogP contribution in [-0.2, 0) is 4.74 Å². The Labute approximate surface area is 126 Å². The van der Waals surface area contributed by atoms with Crippen molar-refractivity contribution in [3.63, 3.8) is 0 Å². The Balaban J connectivity index is 2.29. The lowest BCUT2D eigenvalue weighted by atomic mass is 10.2. The van der Waals surface area contributed by atoms with Crippen molar-refractivity contribution in [1.82, 2.24) is 15.0 Å². The minimum Gasteiger partial charge on any atom is -0.377 e. The lowest BCUT2D eigenvalue weighted by Gasteiger charge is -2.35. The number of aromatic nitrogens is 3. The van der Waals surface area contributed by atoms with E-state index in [-0.39, 0.29) is 0 Å². The van der Waals surface area contributed by atoms with E-state index < -0.39 is 0 Å². The average Bonchev–Trinajstić information content (AvgIpc) is 2.52. The van der Waals surface area contributed by atoms with Crippen LogP contribution in [0.25, 0.3) is 0 Å². The molecule has 21 heavy (non-hydrogen) atoms. The highest BCUT2D eigenvalue weighted by molar-refractivity contribution is 5.45. The molecule has 1 N–H and O–H groups in total. The Morgan fingerprint density at radius 1 is 1.29 bits per heavy atom. The second-order valence-corrected chi connectivity index (χ2v) is 5.41. The van der Waals surface area contributed by atoms with E-state index in [1.165, 1.54) is 0 Å². The van der Waals surface area contributed by atoms with Gasteiger partial charge in [-0.3, -0.25) is 0 Å². The molecule has 1 aromatic heterocycles. The van der Waals surface area contributed by atoms with Gasteiger partial charge in [0.1, 0.15) is 0 Å². The quantitative estimate of drug-likeness (QED) is 0.850. The zero-order valence-corrected chi connectivity index (χ0v) is 13.5. The lowest BCUT2D eigenvalue weighted by molar-refractivity contribution is 0.0921. The van der Waals surface area contributed by atoms with E-state index in [4.69, 9.17) is 4.74 Å². The SMILES string of the molecule is CCCNc1nc(N(C)C)nc(N2CCOCC2CC)n1. The van der Waals surface area contributed by atoms with Gasteiger partial charge in [-0.25, -0.2) is 0 Å². The van der Waals surface area contributed by atoms with Crippen LogP contribution in [0.5, 0.6) is 0 Å². The van der Waals surface area contributed by atoms with Crippen LogP contribution in [0.2, 0.25) is 0 Å². The van der Waals surface area contributed by atoms with Crippen LogP contribution >= 0.6 is 0 Å². The molecule has 118 valence electrons. The Morgan fingerprint density at radius 2 is 2.10 bits per heavy atom. The van der Waals surface area contributed by atoms with Crippen molar-refractivity contribution in [2.45, 2.75) is 32.7 Å². The predicted molar refractivity (Wildman–Crippen MR) is 85.2 cm³/mol. The van der Waals surface area contributed by atoms with Crippen LogP contribution < -0.4 is 15.1 Å². The third-order valence-electron chi connectivity index (χ3n) is 3.50. The molecule has 2 heterocycles. The van der Waals surface area contributed by atoms with E-state index in [2.05, 4.69) is 39.0 Å². The maximum absolute atomic E-state index is 5.56. The summed E-state index contributed by atoms with van der Waals surface area (Å²) in [4.78, 5) is 17.8. The summed E-state index contributed by atoms with van der Waals surface area (Å²) in [5.41, 5.74) is 0. The molecule has 0 amide bonds. The number of hydrogen-bond donors (Lipinski definition) is 1. The number of morpholine rings is 1. The molecule has 0 aliphatic carbocycles. The smallest absolute Gasteiger partial charge is 0.232 e. The zero-order chi connectivity index (χ0) is 15.2. The summed E-state index contributed by atoms with van der Waals surface area (Å²) in [7, 11) is 3.89. The first-order valence-electron chi connectivity index (χ1n) is 7.67. The van der Waals surface area contributed by atoms with Crippen LogP contribution in [-0.4, -0.2) is 61.4 Å². The molecule has 0 aromatic carbocycles. The molecule has 1 aliphatic heterocycles. The van der Waals surface area contributed by atoms with Crippen molar-refractivity contribution in [1.29, 1.82) is 0 Å². The largest absolute Gasteiger partial charge is 0.377 e. The summed E-state index contributed by atoms with van der Waals surface area (Å²) in [6, 6.07) is 0.329. The fourth-order valence-corrected chi connectivity index (χ4v) is 2.25. The number of nitrogens with zero attached hydrogens (tertiary/aromatic N) is 5. The van der Waals surface area contributed by atoms with Gasteiger partial charge in [0.25, 0.3) is 0 Å². The molecule has 7 nitrogen and oxygen atoms in total. The van der Waals surface area contributed by atoms with E-state index in [0.717, 1.165) is 45.1 Å². The maximum atomic E-state index is 5.56. The molecule has 1 atom stereocenters. The third-order valence-corrected chi connectivity index (χ3v) is 3.50. The van der Waals surface area contributed by atoms with Gasteiger partial charge in [0.15, 0.2) is 0 Å². The van der Waals surface area contributed by atoms with Gasteiger partial charge >= 0.3 is 0 Å². The first-order chi connectivity index (χ1) is 10.2. The lowest BCUT2D eigenvalue weighted by Crippen LogP contribution is -2.46. The summed E-state index contributed by atoms with van der Waals surface area (Å²) >= 11 is 0. The summed E-state index contributed by atoms with van der Waals surface area (Å²) in [5.74, 6) is 2.06. The standard InChI is InChI=1S/C14H26N6O/c1-5-7-15-12-16-13(19(3)4)18-14(17-12)20-8-9-21-10-11(20)6-2/h11H,5-10H2,1-4H3,(H,15,16,17,18). The van der Waals surface area contributed by atoms with Crippen LogP contribution in [0.4, 0.5) is 17.8 Å². The first-order valence-corrected chi connectivity index (χ1v) is 7.67. The van der Waals surface area contributed by atoms with Gasteiger partial charge in [-0.1, -0.05) is 13.8 Å². The van der Waals surface area contributed by atoms with Crippen molar-refractivity contribution in [2.24, 2.45) is 0 Å². The van der Waals surface area contributed by atoms with Crippen molar-refractivity contribution in [2.75, 3.05) is 55.5 Å². The van der Waals surface area contributed by atoms with Crippen LogP contribution in [0.3, 0.4) is 0 Å². The van der Waals surface area contributed by atoms with Gasteiger partial charge in [-0.2, -0.15) is 15.0 Å². The Bertz CT molecular complexity index is 453. The van der Waals surface area contributed by atoms with Crippen molar-refractivity contribution in [3.05, 3.63) is 0 Å². The van der Waals surface area contributed by atoms with E-state index in [9.17, 15) is 0 Å². The fourth-order valence-electron chi connectivity index (χ4n) is 2.25.